The molecular weight excluding hydrogens is 274 g/mol. The number of rotatable bonds is 3. The highest BCUT2D eigenvalue weighted by Gasteiger charge is 2.12. The van der Waals surface area contributed by atoms with E-state index in [4.69, 9.17) is 4.74 Å². The minimum atomic E-state index is -0.330. The van der Waals surface area contributed by atoms with E-state index in [0.717, 1.165) is 11.1 Å². The second-order valence-electron chi connectivity index (χ2n) is 5.12. The molecule has 0 aliphatic carbocycles. The molecule has 0 amide bonds. The maximum Gasteiger partial charge on any atom is 0.337 e. The number of methoxy groups -OCH3 is 1. The van der Waals surface area contributed by atoms with Crippen molar-refractivity contribution in [3.63, 3.8) is 0 Å². The SMILES string of the molecule is COC(=O)c1ccc(C(C#Cc2ccccc2)N(C)C)cc1. The summed E-state index contributed by atoms with van der Waals surface area (Å²) in [6.07, 6.45) is 0. The van der Waals surface area contributed by atoms with Gasteiger partial charge in [-0.15, -0.1) is 0 Å². The zero-order chi connectivity index (χ0) is 15.9. The molecule has 1 atom stereocenters. The molecular formula is C19H19NO2. The van der Waals surface area contributed by atoms with Gasteiger partial charge in [-0.1, -0.05) is 42.2 Å². The van der Waals surface area contributed by atoms with E-state index in [2.05, 4.69) is 11.8 Å². The first-order valence-corrected chi connectivity index (χ1v) is 7.03. The van der Waals surface area contributed by atoms with Gasteiger partial charge in [-0.2, -0.15) is 0 Å². The van der Waals surface area contributed by atoms with Crippen LogP contribution in [0.4, 0.5) is 0 Å². The van der Waals surface area contributed by atoms with Gasteiger partial charge in [0.05, 0.1) is 18.7 Å². The number of esters is 1. The first-order valence-electron chi connectivity index (χ1n) is 7.03. The standard InChI is InChI=1S/C19H19NO2/c1-20(2)18(14-9-15-7-5-4-6-8-15)16-10-12-17(13-11-16)19(21)22-3/h4-8,10-13,18H,1-3H3. The predicted molar refractivity (Wildman–Crippen MR) is 87.5 cm³/mol. The van der Waals surface area contributed by atoms with E-state index in [1.165, 1.54) is 7.11 Å². The van der Waals surface area contributed by atoms with Gasteiger partial charge in [0.2, 0.25) is 0 Å². The molecule has 2 aromatic rings. The largest absolute Gasteiger partial charge is 0.465 e. The van der Waals surface area contributed by atoms with Gasteiger partial charge in [0.1, 0.15) is 0 Å². The van der Waals surface area contributed by atoms with Gasteiger partial charge in [0.25, 0.3) is 0 Å². The van der Waals surface area contributed by atoms with Crippen LogP contribution in [0.15, 0.2) is 54.6 Å². The minimum absolute atomic E-state index is 0.0353. The third-order valence-corrected chi connectivity index (χ3v) is 3.29. The maximum atomic E-state index is 11.5. The van der Waals surface area contributed by atoms with Crippen LogP contribution in [0.1, 0.15) is 27.5 Å². The Bertz CT molecular complexity index is 679. The van der Waals surface area contributed by atoms with Crippen LogP contribution in [0.3, 0.4) is 0 Å². The summed E-state index contributed by atoms with van der Waals surface area (Å²) in [4.78, 5) is 13.5. The summed E-state index contributed by atoms with van der Waals surface area (Å²) in [6.45, 7) is 0. The summed E-state index contributed by atoms with van der Waals surface area (Å²) in [5.74, 6) is 6.13. The molecule has 0 saturated carbocycles. The first kappa shape index (κ1) is 15.8. The lowest BCUT2D eigenvalue weighted by molar-refractivity contribution is 0.0600. The van der Waals surface area contributed by atoms with E-state index in [1.807, 2.05) is 61.5 Å². The molecule has 2 aromatic carbocycles. The van der Waals surface area contributed by atoms with E-state index >= 15 is 0 Å². The second kappa shape index (κ2) is 7.44. The molecule has 22 heavy (non-hydrogen) atoms. The first-order chi connectivity index (χ1) is 10.6. The van der Waals surface area contributed by atoms with E-state index in [-0.39, 0.29) is 12.0 Å². The number of hydrogen-bond donors (Lipinski definition) is 0. The van der Waals surface area contributed by atoms with Gasteiger partial charge in [-0.3, -0.25) is 4.90 Å². The molecule has 1 unspecified atom stereocenters. The van der Waals surface area contributed by atoms with Crippen molar-refractivity contribution >= 4 is 5.97 Å². The maximum absolute atomic E-state index is 11.5. The van der Waals surface area contributed by atoms with Crippen LogP contribution >= 0.6 is 0 Å². The van der Waals surface area contributed by atoms with Gasteiger partial charge >= 0.3 is 5.97 Å². The van der Waals surface area contributed by atoms with Crippen LogP contribution in [0.25, 0.3) is 0 Å². The molecule has 0 N–H and O–H groups in total. The molecule has 0 aliphatic heterocycles. The van der Waals surface area contributed by atoms with Crippen molar-refractivity contribution in [1.29, 1.82) is 0 Å². The fourth-order valence-corrected chi connectivity index (χ4v) is 2.10. The second-order valence-corrected chi connectivity index (χ2v) is 5.12. The Kier molecular flexibility index (Phi) is 5.35. The van der Waals surface area contributed by atoms with Crippen molar-refractivity contribution in [1.82, 2.24) is 4.90 Å². The fraction of sp³-hybridized carbons (Fsp3) is 0.211. The van der Waals surface area contributed by atoms with Crippen LogP contribution in [-0.4, -0.2) is 32.1 Å². The lowest BCUT2D eigenvalue weighted by atomic mass is 10.0. The smallest absolute Gasteiger partial charge is 0.337 e. The van der Waals surface area contributed by atoms with E-state index < -0.39 is 0 Å². The molecule has 3 nitrogen and oxygen atoms in total. The van der Waals surface area contributed by atoms with Crippen molar-refractivity contribution < 1.29 is 9.53 Å². The molecule has 0 saturated heterocycles. The molecule has 0 heterocycles. The Morgan fingerprint density at radius 1 is 1.05 bits per heavy atom. The topological polar surface area (TPSA) is 29.5 Å². The third-order valence-electron chi connectivity index (χ3n) is 3.29. The number of benzene rings is 2. The number of nitrogens with zero attached hydrogens (tertiary/aromatic N) is 1. The van der Waals surface area contributed by atoms with Crippen LogP contribution < -0.4 is 0 Å². The predicted octanol–water partition coefficient (Wildman–Crippen LogP) is 3.13. The summed E-state index contributed by atoms with van der Waals surface area (Å²) in [7, 11) is 5.35. The molecule has 0 bridgehead atoms. The summed E-state index contributed by atoms with van der Waals surface area (Å²) in [5, 5.41) is 0. The van der Waals surface area contributed by atoms with E-state index in [9.17, 15) is 4.79 Å². The monoisotopic (exact) mass is 293 g/mol. The normalized spacial score (nSPS) is 11.5. The molecule has 0 fully saturated rings. The number of carbonyl (C=O) groups is 1. The number of carbonyl (C=O) groups excluding carboxylic acids is 1. The summed E-state index contributed by atoms with van der Waals surface area (Å²) in [5.41, 5.74) is 2.57. The molecule has 0 spiro atoms. The van der Waals surface area contributed by atoms with Crippen molar-refractivity contribution in [2.45, 2.75) is 6.04 Å². The Morgan fingerprint density at radius 2 is 1.68 bits per heavy atom. The fourth-order valence-electron chi connectivity index (χ4n) is 2.10. The highest BCUT2D eigenvalue weighted by molar-refractivity contribution is 5.89. The van der Waals surface area contributed by atoms with Crippen molar-refractivity contribution in [3.05, 3.63) is 71.3 Å². The molecule has 3 heteroatoms. The summed E-state index contributed by atoms with van der Waals surface area (Å²) in [6, 6.07) is 17.2. The van der Waals surface area contributed by atoms with Gasteiger partial charge in [0.15, 0.2) is 0 Å². The van der Waals surface area contributed by atoms with E-state index in [1.54, 1.807) is 12.1 Å². The van der Waals surface area contributed by atoms with Gasteiger partial charge in [-0.05, 0) is 43.9 Å². The molecule has 0 aliphatic rings. The Labute approximate surface area is 131 Å². The van der Waals surface area contributed by atoms with Crippen molar-refractivity contribution in [3.8, 4) is 11.8 Å². The van der Waals surface area contributed by atoms with Crippen molar-refractivity contribution in [2.75, 3.05) is 21.2 Å². The van der Waals surface area contributed by atoms with Gasteiger partial charge in [-0.25, -0.2) is 4.79 Å². The minimum Gasteiger partial charge on any atom is -0.465 e. The quantitative estimate of drug-likeness (QED) is 0.643. The zero-order valence-corrected chi connectivity index (χ0v) is 13.0. The average molecular weight is 293 g/mol. The van der Waals surface area contributed by atoms with Crippen LogP contribution in [-0.2, 0) is 4.74 Å². The summed E-state index contributed by atoms with van der Waals surface area (Å²) >= 11 is 0. The molecule has 0 aromatic heterocycles. The lowest BCUT2D eigenvalue weighted by Gasteiger charge is -2.19. The van der Waals surface area contributed by atoms with E-state index in [0.29, 0.717) is 5.56 Å². The Morgan fingerprint density at radius 3 is 2.23 bits per heavy atom. The average Bonchev–Trinajstić information content (AvgIpc) is 2.55. The Balaban J connectivity index is 2.25. The number of hydrogen-bond acceptors (Lipinski definition) is 3. The van der Waals surface area contributed by atoms with Gasteiger partial charge in [0, 0.05) is 5.56 Å². The van der Waals surface area contributed by atoms with Gasteiger partial charge < -0.3 is 4.74 Å². The third kappa shape index (κ3) is 3.97. The number of ether oxygens (including phenoxy) is 1. The Hall–Kier alpha value is -2.57. The summed E-state index contributed by atoms with van der Waals surface area (Å²) < 4.78 is 4.71. The highest BCUT2D eigenvalue weighted by Crippen LogP contribution is 2.18. The zero-order valence-electron chi connectivity index (χ0n) is 13.0. The van der Waals surface area contributed by atoms with Crippen LogP contribution in [0.2, 0.25) is 0 Å². The molecule has 0 radical (unpaired) electrons. The van der Waals surface area contributed by atoms with Crippen molar-refractivity contribution in [2.24, 2.45) is 0 Å². The highest BCUT2D eigenvalue weighted by atomic mass is 16.5. The van der Waals surface area contributed by atoms with Crippen LogP contribution in [0, 0.1) is 11.8 Å². The lowest BCUT2D eigenvalue weighted by Crippen LogP contribution is -2.18. The van der Waals surface area contributed by atoms with Crippen LogP contribution in [0.5, 0.6) is 0 Å². The molecule has 2 rings (SSSR count). The molecule has 112 valence electrons.